The van der Waals surface area contributed by atoms with E-state index in [-0.39, 0.29) is 0 Å². The maximum atomic E-state index is 4.51. The maximum absolute atomic E-state index is 4.51. The molecule has 0 fully saturated rings. The average molecular weight is 351 g/mol. The number of hydrogen-bond donors (Lipinski definition) is 1. The third kappa shape index (κ3) is 3.48. The van der Waals surface area contributed by atoms with E-state index < -0.39 is 0 Å². The highest BCUT2D eigenvalue weighted by Crippen LogP contribution is 2.24. The highest BCUT2D eigenvalue weighted by Gasteiger charge is 2.18. The van der Waals surface area contributed by atoms with Crippen LogP contribution in [0.25, 0.3) is 0 Å². The largest absolute Gasteiger partial charge is 0.313 e. The van der Waals surface area contributed by atoms with Gasteiger partial charge in [0.25, 0.3) is 0 Å². The van der Waals surface area contributed by atoms with E-state index in [2.05, 4.69) is 56.7 Å². The van der Waals surface area contributed by atoms with Gasteiger partial charge in [0, 0.05) is 34.6 Å². The topological polar surface area (TPSA) is 24.9 Å². The van der Waals surface area contributed by atoms with Crippen molar-refractivity contribution in [2.75, 3.05) is 6.54 Å². The predicted octanol–water partition coefficient (Wildman–Crippen LogP) is 3.90. The zero-order valence-electron chi connectivity index (χ0n) is 11.7. The zero-order chi connectivity index (χ0) is 13.9. The Hall–Kier alpha value is -0.710. The van der Waals surface area contributed by atoms with Crippen molar-refractivity contribution in [1.82, 2.24) is 10.3 Å². The number of aryl methyl sites for hydroxylation is 2. The molecular formula is C16H19BrN2S. The molecule has 1 N–H and O–H groups in total. The lowest BCUT2D eigenvalue weighted by atomic mass is 9.88. The van der Waals surface area contributed by atoms with Crippen LogP contribution in [0.3, 0.4) is 0 Å². The van der Waals surface area contributed by atoms with Crippen molar-refractivity contribution in [3.8, 4) is 0 Å². The predicted molar refractivity (Wildman–Crippen MR) is 88.5 cm³/mol. The Balaban J connectivity index is 1.51. The van der Waals surface area contributed by atoms with E-state index in [9.17, 15) is 0 Å². The first-order valence-corrected chi connectivity index (χ1v) is 8.79. The molecular weight excluding hydrogens is 332 g/mol. The molecule has 0 spiro atoms. The first-order valence-electron chi connectivity index (χ1n) is 7.12. The van der Waals surface area contributed by atoms with E-state index in [0.29, 0.717) is 6.04 Å². The standard InChI is InChI=1S/C16H19BrN2S/c1-11-10-20-16(19-11)6-7-18-15-5-3-12-8-14(17)4-2-13(12)9-15/h2,4,8,10,15,18H,3,5-7,9H2,1H3. The van der Waals surface area contributed by atoms with Crippen LogP contribution in [0.5, 0.6) is 0 Å². The summed E-state index contributed by atoms with van der Waals surface area (Å²) in [5, 5.41) is 7.06. The van der Waals surface area contributed by atoms with Gasteiger partial charge in [-0.05, 0) is 49.4 Å². The fourth-order valence-electron chi connectivity index (χ4n) is 2.80. The van der Waals surface area contributed by atoms with E-state index in [1.165, 1.54) is 33.4 Å². The molecule has 3 rings (SSSR count). The molecule has 0 saturated carbocycles. The van der Waals surface area contributed by atoms with Crippen molar-refractivity contribution in [1.29, 1.82) is 0 Å². The third-order valence-electron chi connectivity index (χ3n) is 3.84. The Morgan fingerprint density at radius 2 is 2.30 bits per heavy atom. The molecule has 1 aromatic carbocycles. The summed E-state index contributed by atoms with van der Waals surface area (Å²) < 4.78 is 1.20. The molecule has 0 saturated heterocycles. The van der Waals surface area contributed by atoms with Crippen molar-refractivity contribution in [2.45, 2.75) is 38.6 Å². The van der Waals surface area contributed by atoms with Crippen molar-refractivity contribution in [3.63, 3.8) is 0 Å². The van der Waals surface area contributed by atoms with Crippen molar-refractivity contribution in [3.05, 3.63) is 49.9 Å². The number of nitrogens with zero attached hydrogens (tertiary/aromatic N) is 1. The van der Waals surface area contributed by atoms with Gasteiger partial charge in [0.15, 0.2) is 0 Å². The minimum absolute atomic E-state index is 0.615. The van der Waals surface area contributed by atoms with Gasteiger partial charge in [0.1, 0.15) is 0 Å². The first kappa shape index (κ1) is 14.2. The molecule has 106 valence electrons. The summed E-state index contributed by atoms with van der Waals surface area (Å²) >= 11 is 5.32. The average Bonchev–Trinajstić information content (AvgIpc) is 2.85. The zero-order valence-corrected chi connectivity index (χ0v) is 14.1. The van der Waals surface area contributed by atoms with E-state index in [1.54, 1.807) is 11.3 Å². The van der Waals surface area contributed by atoms with E-state index >= 15 is 0 Å². The van der Waals surface area contributed by atoms with E-state index in [4.69, 9.17) is 0 Å². The molecule has 0 aliphatic heterocycles. The number of hydrogen-bond acceptors (Lipinski definition) is 3. The van der Waals surface area contributed by atoms with Gasteiger partial charge >= 0.3 is 0 Å². The second-order valence-corrected chi connectivity index (χ2v) is 7.30. The van der Waals surface area contributed by atoms with Gasteiger partial charge in [-0.2, -0.15) is 0 Å². The lowest BCUT2D eigenvalue weighted by Crippen LogP contribution is -2.35. The maximum Gasteiger partial charge on any atom is 0.0940 e. The molecule has 0 radical (unpaired) electrons. The van der Waals surface area contributed by atoms with Crippen LogP contribution >= 0.6 is 27.3 Å². The summed E-state index contributed by atoms with van der Waals surface area (Å²) in [6.45, 7) is 3.09. The molecule has 1 aromatic heterocycles. The van der Waals surface area contributed by atoms with Gasteiger partial charge in [-0.25, -0.2) is 4.98 Å². The molecule has 1 atom stereocenters. The van der Waals surface area contributed by atoms with Crippen molar-refractivity contribution >= 4 is 27.3 Å². The Bertz CT molecular complexity index is 594. The first-order chi connectivity index (χ1) is 9.70. The SMILES string of the molecule is Cc1csc(CCNC2CCc3cc(Br)ccc3C2)n1. The van der Waals surface area contributed by atoms with Crippen LogP contribution in [0.4, 0.5) is 0 Å². The van der Waals surface area contributed by atoms with Crippen LogP contribution in [0, 0.1) is 6.92 Å². The molecule has 1 aliphatic rings. The summed E-state index contributed by atoms with van der Waals surface area (Å²) in [5.74, 6) is 0. The summed E-state index contributed by atoms with van der Waals surface area (Å²) in [6.07, 6.45) is 4.62. The summed E-state index contributed by atoms with van der Waals surface area (Å²) in [4.78, 5) is 4.51. The second-order valence-electron chi connectivity index (χ2n) is 5.44. The summed E-state index contributed by atoms with van der Waals surface area (Å²) in [5.41, 5.74) is 4.15. The van der Waals surface area contributed by atoms with Crippen LogP contribution in [0.15, 0.2) is 28.1 Å². The van der Waals surface area contributed by atoms with Crippen LogP contribution < -0.4 is 5.32 Å². The van der Waals surface area contributed by atoms with Crippen molar-refractivity contribution in [2.24, 2.45) is 0 Å². The number of benzene rings is 1. The number of fused-ring (bicyclic) bond motifs is 1. The molecule has 20 heavy (non-hydrogen) atoms. The van der Waals surface area contributed by atoms with Crippen LogP contribution in [0.1, 0.15) is 28.2 Å². The number of thiazole rings is 1. The minimum Gasteiger partial charge on any atom is -0.313 e. The fourth-order valence-corrected chi connectivity index (χ4v) is 3.98. The number of halogens is 1. The number of aromatic nitrogens is 1. The minimum atomic E-state index is 0.615. The molecule has 2 aromatic rings. The quantitative estimate of drug-likeness (QED) is 0.904. The smallest absolute Gasteiger partial charge is 0.0940 e. The van der Waals surface area contributed by atoms with E-state index in [1.807, 2.05) is 0 Å². The second kappa shape index (κ2) is 6.37. The van der Waals surface area contributed by atoms with Crippen LogP contribution in [0.2, 0.25) is 0 Å². The van der Waals surface area contributed by atoms with Gasteiger partial charge in [0.2, 0.25) is 0 Å². The number of nitrogens with one attached hydrogen (secondary N) is 1. The monoisotopic (exact) mass is 350 g/mol. The van der Waals surface area contributed by atoms with Gasteiger partial charge in [0.05, 0.1) is 5.01 Å². The molecule has 1 aliphatic carbocycles. The lowest BCUT2D eigenvalue weighted by molar-refractivity contribution is 0.461. The van der Waals surface area contributed by atoms with Gasteiger partial charge in [-0.3, -0.25) is 0 Å². The number of rotatable bonds is 4. The van der Waals surface area contributed by atoms with Gasteiger partial charge < -0.3 is 5.32 Å². The normalized spacial score (nSPS) is 18.0. The Labute approximate surface area is 132 Å². The molecule has 1 heterocycles. The Kier molecular flexibility index (Phi) is 4.54. The Morgan fingerprint density at radius 1 is 1.40 bits per heavy atom. The molecule has 0 bridgehead atoms. The fraction of sp³-hybridized carbons (Fsp3) is 0.438. The lowest BCUT2D eigenvalue weighted by Gasteiger charge is -2.25. The Morgan fingerprint density at radius 3 is 3.10 bits per heavy atom. The highest BCUT2D eigenvalue weighted by atomic mass is 79.9. The molecule has 0 amide bonds. The third-order valence-corrected chi connectivity index (χ3v) is 5.35. The molecule has 1 unspecified atom stereocenters. The summed E-state index contributed by atoms with van der Waals surface area (Å²) in [6, 6.07) is 7.30. The van der Waals surface area contributed by atoms with Crippen molar-refractivity contribution < 1.29 is 0 Å². The van der Waals surface area contributed by atoms with Crippen LogP contribution in [-0.4, -0.2) is 17.6 Å². The molecule has 2 nitrogen and oxygen atoms in total. The van der Waals surface area contributed by atoms with Gasteiger partial charge in [-0.15, -0.1) is 11.3 Å². The summed E-state index contributed by atoms with van der Waals surface area (Å²) in [7, 11) is 0. The van der Waals surface area contributed by atoms with E-state index in [0.717, 1.165) is 25.1 Å². The molecule has 4 heteroatoms. The highest BCUT2D eigenvalue weighted by molar-refractivity contribution is 9.10. The van der Waals surface area contributed by atoms with Crippen LogP contribution in [-0.2, 0) is 19.3 Å². The van der Waals surface area contributed by atoms with Gasteiger partial charge in [-0.1, -0.05) is 22.0 Å².